The molecule has 0 aliphatic carbocycles. The zero-order chi connectivity index (χ0) is 13.5. The molecule has 0 amide bonds. The van der Waals surface area contributed by atoms with Crippen LogP contribution in [0.2, 0.25) is 5.02 Å². The van der Waals surface area contributed by atoms with Crippen molar-refractivity contribution in [3.8, 4) is 0 Å². The number of rotatable bonds is 3. The predicted octanol–water partition coefficient (Wildman–Crippen LogP) is 2.37. The molecule has 0 bridgehead atoms. The van der Waals surface area contributed by atoms with Crippen molar-refractivity contribution >= 4 is 28.2 Å². The Balaban J connectivity index is 2.56. The third-order valence-electron chi connectivity index (χ3n) is 2.47. The Labute approximate surface area is 108 Å². The van der Waals surface area contributed by atoms with Crippen molar-refractivity contribution in [1.29, 1.82) is 0 Å². The van der Waals surface area contributed by atoms with Crippen LogP contribution >= 0.6 is 11.6 Å². The SMILES string of the molecule is CC(C)(O)Cn1ncc2c(Cl)c([N+](=O)[O-])ccc21. The largest absolute Gasteiger partial charge is 0.389 e. The van der Waals surface area contributed by atoms with Crippen LogP contribution in [0.1, 0.15) is 13.8 Å². The summed E-state index contributed by atoms with van der Waals surface area (Å²) in [5, 5.41) is 25.2. The summed E-state index contributed by atoms with van der Waals surface area (Å²) in [6.45, 7) is 3.60. The van der Waals surface area contributed by atoms with Gasteiger partial charge in [-0.15, -0.1) is 0 Å². The smallest absolute Gasteiger partial charge is 0.288 e. The van der Waals surface area contributed by atoms with Crippen molar-refractivity contribution in [3.63, 3.8) is 0 Å². The Morgan fingerprint density at radius 3 is 2.78 bits per heavy atom. The van der Waals surface area contributed by atoms with E-state index in [2.05, 4.69) is 5.10 Å². The highest BCUT2D eigenvalue weighted by Crippen LogP contribution is 2.32. The van der Waals surface area contributed by atoms with Gasteiger partial charge in [0.15, 0.2) is 0 Å². The third-order valence-corrected chi connectivity index (χ3v) is 2.87. The number of nitrogens with zero attached hydrogens (tertiary/aromatic N) is 3. The Hall–Kier alpha value is -1.66. The first kappa shape index (κ1) is 12.8. The normalized spacial score (nSPS) is 12.0. The van der Waals surface area contributed by atoms with Gasteiger partial charge >= 0.3 is 0 Å². The number of hydrogen-bond acceptors (Lipinski definition) is 4. The first-order chi connectivity index (χ1) is 8.29. The van der Waals surface area contributed by atoms with E-state index in [1.807, 2.05) is 0 Å². The maximum atomic E-state index is 10.8. The molecule has 0 fully saturated rings. The highest BCUT2D eigenvalue weighted by molar-refractivity contribution is 6.37. The average Bonchev–Trinajstić information content (AvgIpc) is 2.60. The maximum Gasteiger partial charge on any atom is 0.288 e. The highest BCUT2D eigenvalue weighted by atomic mass is 35.5. The zero-order valence-corrected chi connectivity index (χ0v) is 10.7. The molecular formula is C11H12ClN3O3. The summed E-state index contributed by atoms with van der Waals surface area (Å²) in [6.07, 6.45) is 1.47. The molecule has 0 spiro atoms. The van der Waals surface area contributed by atoms with Gasteiger partial charge < -0.3 is 5.11 Å². The number of aliphatic hydroxyl groups is 1. The molecule has 18 heavy (non-hydrogen) atoms. The van der Waals surface area contributed by atoms with Crippen LogP contribution in [-0.4, -0.2) is 25.4 Å². The third kappa shape index (κ3) is 2.30. The Morgan fingerprint density at radius 2 is 2.22 bits per heavy atom. The van der Waals surface area contributed by atoms with Gasteiger partial charge in [0.25, 0.3) is 5.69 Å². The summed E-state index contributed by atoms with van der Waals surface area (Å²) in [7, 11) is 0. The highest BCUT2D eigenvalue weighted by Gasteiger charge is 2.20. The summed E-state index contributed by atoms with van der Waals surface area (Å²) in [5.74, 6) is 0. The van der Waals surface area contributed by atoms with Gasteiger partial charge in [-0.3, -0.25) is 14.8 Å². The van der Waals surface area contributed by atoms with Gasteiger partial charge in [-0.2, -0.15) is 5.10 Å². The molecule has 2 aromatic rings. The minimum absolute atomic E-state index is 0.0690. The number of halogens is 1. The second-order valence-electron chi connectivity index (χ2n) is 4.70. The summed E-state index contributed by atoms with van der Waals surface area (Å²) in [5.41, 5.74) is -0.410. The number of fused-ring (bicyclic) bond motifs is 1. The lowest BCUT2D eigenvalue weighted by Crippen LogP contribution is -2.26. The van der Waals surface area contributed by atoms with Crippen LogP contribution in [-0.2, 0) is 6.54 Å². The van der Waals surface area contributed by atoms with Gasteiger partial charge in [-0.25, -0.2) is 0 Å². The summed E-state index contributed by atoms with van der Waals surface area (Å²) in [4.78, 5) is 10.2. The van der Waals surface area contributed by atoms with E-state index >= 15 is 0 Å². The van der Waals surface area contributed by atoms with Crippen LogP contribution in [0.3, 0.4) is 0 Å². The fourth-order valence-electron chi connectivity index (χ4n) is 1.74. The van der Waals surface area contributed by atoms with Crippen molar-refractivity contribution in [2.24, 2.45) is 0 Å². The first-order valence-electron chi connectivity index (χ1n) is 5.30. The van der Waals surface area contributed by atoms with Crippen molar-refractivity contribution in [2.45, 2.75) is 26.0 Å². The van der Waals surface area contributed by atoms with Gasteiger partial charge in [-0.05, 0) is 19.9 Å². The molecule has 0 unspecified atom stereocenters. The molecule has 96 valence electrons. The molecule has 2 rings (SSSR count). The number of nitro groups is 1. The zero-order valence-electron chi connectivity index (χ0n) is 9.92. The van der Waals surface area contributed by atoms with Crippen LogP contribution in [0.5, 0.6) is 0 Å². The lowest BCUT2D eigenvalue weighted by Gasteiger charge is -2.17. The number of nitro benzene ring substituents is 1. The summed E-state index contributed by atoms with van der Waals surface area (Å²) >= 11 is 5.96. The van der Waals surface area contributed by atoms with Gasteiger partial charge in [-0.1, -0.05) is 11.6 Å². The molecule has 0 atom stereocenters. The Morgan fingerprint density at radius 1 is 1.56 bits per heavy atom. The molecule has 0 radical (unpaired) electrons. The van der Waals surface area contributed by atoms with Gasteiger partial charge in [0.2, 0.25) is 0 Å². The van der Waals surface area contributed by atoms with Crippen LogP contribution in [0, 0.1) is 10.1 Å². The maximum absolute atomic E-state index is 10.8. The molecule has 1 aromatic heterocycles. The standard InChI is InChI=1S/C11H12ClN3O3/c1-11(2,16)6-14-8-3-4-9(15(17)18)10(12)7(8)5-13-14/h3-5,16H,6H2,1-2H3. The number of aromatic nitrogens is 2. The van der Waals surface area contributed by atoms with Crippen molar-refractivity contribution < 1.29 is 10.0 Å². The van der Waals surface area contributed by atoms with E-state index < -0.39 is 10.5 Å². The Bertz CT molecular complexity index is 616. The molecule has 0 aliphatic rings. The second kappa shape index (κ2) is 4.22. The van der Waals surface area contributed by atoms with E-state index in [9.17, 15) is 15.2 Å². The molecule has 0 saturated carbocycles. The minimum atomic E-state index is -0.923. The lowest BCUT2D eigenvalue weighted by molar-refractivity contribution is -0.384. The minimum Gasteiger partial charge on any atom is -0.389 e. The molecule has 7 heteroatoms. The molecular weight excluding hydrogens is 258 g/mol. The fraction of sp³-hybridized carbons (Fsp3) is 0.364. The first-order valence-corrected chi connectivity index (χ1v) is 5.68. The van der Waals surface area contributed by atoms with Gasteiger partial charge in [0, 0.05) is 11.5 Å². The molecule has 0 aliphatic heterocycles. The molecule has 0 saturated heterocycles. The van der Waals surface area contributed by atoms with E-state index in [-0.39, 0.29) is 17.3 Å². The fourth-order valence-corrected chi connectivity index (χ4v) is 2.02. The van der Waals surface area contributed by atoms with E-state index in [0.29, 0.717) is 10.9 Å². The van der Waals surface area contributed by atoms with E-state index in [4.69, 9.17) is 11.6 Å². The lowest BCUT2D eigenvalue weighted by atomic mass is 10.1. The van der Waals surface area contributed by atoms with Gasteiger partial charge in [0.05, 0.1) is 28.8 Å². The molecule has 1 heterocycles. The monoisotopic (exact) mass is 269 g/mol. The number of benzene rings is 1. The van der Waals surface area contributed by atoms with E-state index in [1.165, 1.54) is 12.3 Å². The molecule has 6 nitrogen and oxygen atoms in total. The molecule has 1 aromatic carbocycles. The van der Waals surface area contributed by atoms with Crippen molar-refractivity contribution in [2.75, 3.05) is 0 Å². The number of hydrogen-bond donors (Lipinski definition) is 1. The van der Waals surface area contributed by atoms with Crippen LogP contribution in [0.25, 0.3) is 10.9 Å². The van der Waals surface area contributed by atoms with Crippen LogP contribution < -0.4 is 0 Å². The average molecular weight is 270 g/mol. The van der Waals surface area contributed by atoms with Crippen molar-refractivity contribution in [1.82, 2.24) is 9.78 Å². The van der Waals surface area contributed by atoms with E-state index in [0.717, 1.165) is 0 Å². The van der Waals surface area contributed by atoms with Crippen LogP contribution in [0.4, 0.5) is 5.69 Å². The topological polar surface area (TPSA) is 81.2 Å². The second-order valence-corrected chi connectivity index (χ2v) is 5.08. The summed E-state index contributed by atoms with van der Waals surface area (Å²) in [6, 6.07) is 2.92. The quantitative estimate of drug-likeness (QED) is 0.685. The van der Waals surface area contributed by atoms with E-state index in [1.54, 1.807) is 24.6 Å². The predicted molar refractivity (Wildman–Crippen MR) is 67.7 cm³/mol. The van der Waals surface area contributed by atoms with Crippen LogP contribution in [0.15, 0.2) is 18.3 Å². The van der Waals surface area contributed by atoms with Gasteiger partial charge in [0.1, 0.15) is 5.02 Å². The molecule has 1 N–H and O–H groups in total. The summed E-state index contributed by atoms with van der Waals surface area (Å²) < 4.78 is 1.57. The van der Waals surface area contributed by atoms with Crippen molar-refractivity contribution in [3.05, 3.63) is 33.5 Å². The Kier molecular flexibility index (Phi) is 3.00.